The Bertz CT molecular complexity index is 1520. The molecule has 0 atom stereocenters. The van der Waals surface area contributed by atoms with Crippen LogP contribution in [0.3, 0.4) is 0 Å². The summed E-state index contributed by atoms with van der Waals surface area (Å²) < 4.78 is 0. The molecule has 0 aliphatic heterocycles. The summed E-state index contributed by atoms with van der Waals surface area (Å²) in [5, 5.41) is 11.2. The quantitative estimate of drug-likeness (QED) is 0.0982. The molecule has 37 heavy (non-hydrogen) atoms. The molecular weight excluding hydrogens is 541 g/mol. The van der Waals surface area contributed by atoms with Crippen LogP contribution in [0.15, 0.2) is 91.1 Å². The summed E-state index contributed by atoms with van der Waals surface area (Å²) in [7, 11) is 0. The number of nitrogens with two attached hydrogens (primary N) is 2. The van der Waals surface area contributed by atoms with Crippen molar-refractivity contribution in [2.45, 2.75) is 16.8 Å². The van der Waals surface area contributed by atoms with Crippen LogP contribution >= 0.6 is 11.3 Å². The SMILES string of the molecule is Nc1nnc(-c2cnc(-c3ccc(C[As]CCC(=O)c4ccccc4N)cc3)c(-c3ccccc3)c2)s1. The van der Waals surface area contributed by atoms with Gasteiger partial charge in [-0.05, 0) is 0 Å². The van der Waals surface area contributed by atoms with Crippen LogP contribution in [-0.2, 0) is 5.21 Å². The number of rotatable bonds is 9. The fourth-order valence-electron chi connectivity index (χ4n) is 4.04. The second kappa shape index (κ2) is 11.5. The predicted molar refractivity (Wildman–Crippen MR) is 152 cm³/mol. The van der Waals surface area contributed by atoms with Gasteiger partial charge in [-0.25, -0.2) is 0 Å². The molecular formula is C29H25AsN5OS. The molecule has 0 aliphatic rings. The van der Waals surface area contributed by atoms with Gasteiger partial charge in [0.2, 0.25) is 0 Å². The fourth-order valence-corrected chi connectivity index (χ4v) is 6.71. The number of ketones is 1. The number of nitrogens with zero attached hydrogens (tertiary/aromatic N) is 3. The Morgan fingerprint density at radius 3 is 2.32 bits per heavy atom. The predicted octanol–water partition coefficient (Wildman–Crippen LogP) is 5.99. The maximum absolute atomic E-state index is 12.5. The van der Waals surface area contributed by atoms with E-state index in [0.717, 1.165) is 43.4 Å². The zero-order valence-corrected chi connectivity index (χ0v) is 22.7. The van der Waals surface area contributed by atoms with Gasteiger partial charge < -0.3 is 5.73 Å². The monoisotopic (exact) mass is 566 g/mol. The van der Waals surface area contributed by atoms with E-state index in [1.807, 2.05) is 36.5 Å². The van der Waals surface area contributed by atoms with Gasteiger partial charge in [0.25, 0.3) is 0 Å². The molecule has 3 aromatic carbocycles. The van der Waals surface area contributed by atoms with E-state index in [9.17, 15) is 4.79 Å². The molecule has 0 fully saturated rings. The van der Waals surface area contributed by atoms with Crippen molar-refractivity contribution in [2.24, 2.45) is 0 Å². The number of carbonyl (C=O) groups excluding carboxylic acids is 1. The molecule has 2 aromatic heterocycles. The van der Waals surface area contributed by atoms with Crippen LogP contribution < -0.4 is 11.5 Å². The number of nitrogen functional groups attached to an aromatic ring is 2. The molecule has 0 unspecified atom stereocenters. The van der Waals surface area contributed by atoms with Gasteiger partial charge in [0.1, 0.15) is 0 Å². The molecule has 8 heteroatoms. The van der Waals surface area contributed by atoms with Gasteiger partial charge in [0.05, 0.1) is 0 Å². The number of benzene rings is 3. The Labute approximate surface area is 226 Å². The van der Waals surface area contributed by atoms with E-state index in [1.54, 1.807) is 12.1 Å². The van der Waals surface area contributed by atoms with Crippen molar-refractivity contribution in [3.8, 4) is 33.0 Å². The van der Waals surface area contributed by atoms with Crippen LogP contribution in [0.5, 0.6) is 0 Å². The second-order valence-corrected chi connectivity index (χ2v) is 12.0. The molecule has 0 saturated heterocycles. The number of aromatic nitrogens is 3. The molecule has 0 aliphatic carbocycles. The normalized spacial score (nSPS) is 11.2. The van der Waals surface area contributed by atoms with Gasteiger partial charge in [-0.3, -0.25) is 0 Å². The first-order valence-electron chi connectivity index (χ1n) is 11.8. The first-order valence-corrected chi connectivity index (χ1v) is 15.3. The first kappa shape index (κ1) is 24.9. The third kappa shape index (κ3) is 5.96. The minimum atomic E-state index is 0.0313. The summed E-state index contributed by atoms with van der Waals surface area (Å²) in [6.45, 7) is 0. The zero-order chi connectivity index (χ0) is 25.6. The second-order valence-electron chi connectivity index (χ2n) is 8.49. The zero-order valence-electron chi connectivity index (χ0n) is 20.0. The first-order chi connectivity index (χ1) is 18.1. The van der Waals surface area contributed by atoms with Gasteiger partial charge in [0, 0.05) is 0 Å². The van der Waals surface area contributed by atoms with Gasteiger partial charge in [-0.15, -0.1) is 0 Å². The summed E-state index contributed by atoms with van der Waals surface area (Å²) in [6.07, 6.45) is 2.38. The molecule has 0 saturated carbocycles. The standard InChI is InChI=1S/C29H25AsN5OS/c31-25-9-5-4-8-23(25)26(36)14-15-30-17-19-10-12-21(13-11-19)27-24(20-6-2-1-3-7-20)16-22(18-33-27)28-34-35-29(32)37-28/h1-13,16,18H,14-15,17,31H2,(H2,32,35). The van der Waals surface area contributed by atoms with Crippen molar-refractivity contribution in [3.63, 3.8) is 0 Å². The Balaban J connectivity index is 1.29. The Morgan fingerprint density at radius 2 is 1.59 bits per heavy atom. The van der Waals surface area contributed by atoms with Gasteiger partial charge in [-0.1, -0.05) is 0 Å². The van der Waals surface area contributed by atoms with E-state index in [2.05, 4.69) is 52.7 Å². The molecule has 0 bridgehead atoms. The molecule has 0 spiro atoms. The van der Waals surface area contributed by atoms with E-state index in [4.69, 9.17) is 16.5 Å². The van der Waals surface area contributed by atoms with Crippen LogP contribution in [-0.4, -0.2) is 36.7 Å². The molecule has 0 amide bonds. The topological polar surface area (TPSA) is 108 Å². The molecule has 2 heterocycles. The van der Waals surface area contributed by atoms with E-state index in [1.165, 1.54) is 16.9 Å². The summed E-state index contributed by atoms with van der Waals surface area (Å²) in [4.78, 5) is 17.3. The van der Waals surface area contributed by atoms with Crippen molar-refractivity contribution >= 4 is 43.7 Å². The average Bonchev–Trinajstić information content (AvgIpc) is 3.38. The number of carbonyl (C=O) groups is 1. The van der Waals surface area contributed by atoms with E-state index < -0.39 is 0 Å². The summed E-state index contributed by atoms with van der Waals surface area (Å²) in [5.74, 6) is 0.128. The summed E-state index contributed by atoms with van der Waals surface area (Å²) in [6, 6.07) is 28.2. The van der Waals surface area contributed by atoms with E-state index in [0.29, 0.717) is 22.8 Å². The van der Waals surface area contributed by atoms with Crippen molar-refractivity contribution in [1.29, 1.82) is 0 Å². The molecule has 5 rings (SSSR count). The van der Waals surface area contributed by atoms with Crippen LogP contribution in [0.4, 0.5) is 10.8 Å². The molecule has 5 aromatic rings. The van der Waals surface area contributed by atoms with Crippen LogP contribution in [0, 0.1) is 0 Å². The summed E-state index contributed by atoms with van der Waals surface area (Å²) in [5.41, 5.74) is 19.2. The Morgan fingerprint density at radius 1 is 0.838 bits per heavy atom. The van der Waals surface area contributed by atoms with Gasteiger partial charge >= 0.3 is 221 Å². The van der Waals surface area contributed by atoms with Crippen LogP contribution in [0.25, 0.3) is 33.0 Å². The van der Waals surface area contributed by atoms with Crippen molar-refractivity contribution in [2.75, 3.05) is 11.5 Å². The number of pyridine rings is 1. The maximum atomic E-state index is 12.5. The number of hydrogen-bond acceptors (Lipinski definition) is 7. The number of anilines is 2. The van der Waals surface area contributed by atoms with Crippen molar-refractivity contribution in [1.82, 2.24) is 15.2 Å². The molecule has 4 N–H and O–H groups in total. The molecule has 183 valence electrons. The molecule has 1 radical (unpaired) electrons. The summed E-state index contributed by atoms with van der Waals surface area (Å²) >= 11 is 1.38. The van der Waals surface area contributed by atoms with Crippen LogP contribution in [0.1, 0.15) is 22.3 Å². The Kier molecular flexibility index (Phi) is 7.73. The average molecular weight is 567 g/mol. The van der Waals surface area contributed by atoms with Crippen LogP contribution in [0.2, 0.25) is 5.21 Å². The van der Waals surface area contributed by atoms with E-state index in [-0.39, 0.29) is 21.5 Å². The third-order valence-electron chi connectivity index (χ3n) is 5.94. The fraction of sp³-hybridized carbons (Fsp3) is 0.103. The third-order valence-corrected chi connectivity index (χ3v) is 9.11. The number of para-hydroxylation sites is 1. The molecule has 6 nitrogen and oxygen atoms in total. The van der Waals surface area contributed by atoms with Gasteiger partial charge in [0.15, 0.2) is 0 Å². The van der Waals surface area contributed by atoms with E-state index >= 15 is 0 Å². The number of hydrogen-bond donors (Lipinski definition) is 2. The Hall–Kier alpha value is -3.80. The van der Waals surface area contributed by atoms with Crippen molar-refractivity contribution < 1.29 is 4.79 Å². The van der Waals surface area contributed by atoms with Gasteiger partial charge in [-0.2, -0.15) is 0 Å². The minimum absolute atomic E-state index is 0.0313. The van der Waals surface area contributed by atoms with Crippen molar-refractivity contribution in [3.05, 3.63) is 102 Å². The number of Topliss-reactive ketones (excluding diaryl/α,β-unsaturated/α-hetero) is 1.